The highest BCUT2D eigenvalue weighted by molar-refractivity contribution is 5.66. The molecule has 0 unspecified atom stereocenters. The van der Waals surface area contributed by atoms with Gasteiger partial charge in [-0.05, 0) is 44.4 Å². The van der Waals surface area contributed by atoms with Crippen molar-refractivity contribution in [3.8, 4) is 17.0 Å². The third-order valence-corrected chi connectivity index (χ3v) is 5.16. The Labute approximate surface area is 171 Å². The van der Waals surface area contributed by atoms with Crippen LogP contribution in [0.5, 0.6) is 5.75 Å². The van der Waals surface area contributed by atoms with Crippen LogP contribution in [0.1, 0.15) is 37.1 Å². The van der Waals surface area contributed by atoms with Gasteiger partial charge in [0.15, 0.2) is 0 Å². The summed E-state index contributed by atoms with van der Waals surface area (Å²) < 4.78 is 5.33. The average molecular weight is 390 g/mol. The molecule has 0 saturated carbocycles. The number of nitrogens with one attached hydrogen (secondary N) is 2. The van der Waals surface area contributed by atoms with Crippen molar-refractivity contribution in [2.75, 3.05) is 19.0 Å². The highest BCUT2D eigenvalue weighted by Crippen LogP contribution is 2.29. The zero-order chi connectivity index (χ0) is 20.2. The first kappa shape index (κ1) is 19.3. The highest BCUT2D eigenvalue weighted by Gasteiger charge is 2.23. The number of methoxy groups -OCH3 is 1. The third-order valence-electron chi connectivity index (χ3n) is 5.16. The smallest absolute Gasteiger partial charge is 0.137 e. The molecule has 4 rings (SSSR count). The number of hydrogen-bond donors (Lipinski definition) is 2. The summed E-state index contributed by atoms with van der Waals surface area (Å²) in [6, 6.07) is 6.47. The molecule has 0 aromatic carbocycles. The largest absolute Gasteiger partial charge is 0.495 e. The van der Waals surface area contributed by atoms with Crippen LogP contribution in [0.4, 0.5) is 11.5 Å². The maximum absolute atomic E-state index is 5.33. The Morgan fingerprint density at radius 1 is 1.03 bits per heavy atom. The molecule has 1 aliphatic heterocycles. The van der Waals surface area contributed by atoms with Gasteiger partial charge in [0.2, 0.25) is 0 Å². The molecular formula is C22H26N6O. The SMILES string of the molecule is COc1cncc(-c2cc(Nc3cncc(C)c3)nc([C@H]3CC[C@H](C)NC3)n2)c1. The van der Waals surface area contributed by atoms with E-state index in [0.29, 0.717) is 11.8 Å². The Balaban J connectivity index is 1.72. The van der Waals surface area contributed by atoms with Crippen LogP contribution < -0.4 is 15.4 Å². The number of anilines is 2. The van der Waals surface area contributed by atoms with Crippen LogP contribution >= 0.6 is 0 Å². The topological polar surface area (TPSA) is 84.8 Å². The standard InChI is InChI=1S/C22H26N6O/c1-14-6-18(12-23-9-14)26-21-8-20(17-7-19(29-3)13-24-10-17)27-22(28-21)16-5-4-15(2)25-11-16/h6-10,12-13,15-16,25H,4-5,11H2,1-3H3,(H,26,27,28)/t15-,16-/m0/s1. The number of hydrogen-bond acceptors (Lipinski definition) is 7. The molecule has 1 aliphatic rings. The van der Waals surface area contributed by atoms with Crippen LogP contribution in [0.15, 0.2) is 43.0 Å². The number of rotatable bonds is 5. The van der Waals surface area contributed by atoms with Crippen molar-refractivity contribution in [2.24, 2.45) is 0 Å². The molecule has 7 nitrogen and oxygen atoms in total. The van der Waals surface area contributed by atoms with Crippen molar-refractivity contribution in [1.29, 1.82) is 0 Å². The van der Waals surface area contributed by atoms with Gasteiger partial charge in [0.1, 0.15) is 17.4 Å². The van der Waals surface area contributed by atoms with Crippen LogP contribution in [0.2, 0.25) is 0 Å². The molecule has 2 N–H and O–H groups in total. The molecule has 29 heavy (non-hydrogen) atoms. The van der Waals surface area contributed by atoms with Crippen molar-refractivity contribution in [3.05, 3.63) is 54.4 Å². The first-order valence-electron chi connectivity index (χ1n) is 9.91. The van der Waals surface area contributed by atoms with Gasteiger partial charge in [-0.25, -0.2) is 9.97 Å². The molecule has 150 valence electrons. The third kappa shape index (κ3) is 4.68. The van der Waals surface area contributed by atoms with E-state index in [0.717, 1.165) is 53.5 Å². The van der Waals surface area contributed by atoms with Crippen LogP contribution in [0, 0.1) is 6.92 Å². The Kier molecular flexibility index (Phi) is 5.67. The van der Waals surface area contributed by atoms with E-state index in [2.05, 4.69) is 27.5 Å². The van der Waals surface area contributed by atoms with Gasteiger partial charge in [-0.15, -0.1) is 0 Å². The summed E-state index contributed by atoms with van der Waals surface area (Å²) in [4.78, 5) is 18.3. The van der Waals surface area contributed by atoms with E-state index >= 15 is 0 Å². The molecule has 0 amide bonds. The number of nitrogens with zero attached hydrogens (tertiary/aromatic N) is 4. The van der Waals surface area contributed by atoms with Gasteiger partial charge in [0.25, 0.3) is 0 Å². The molecule has 4 heterocycles. The predicted octanol–water partition coefficient (Wildman–Crippen LogP) is 3.85. The molecule has 3 aromatic heterocycles. The van der Waals surface area contributed by atoms with Gasteiger partial charge in [-0.3, -0.25) is 9.97 Å². The lowest BCUT2D eigenvalue weighted by Crippen LogP contribution is -2.36. The van der Waals surface area contributed by atoms with Crippen molar-refractivity contribution in [2.45, 2.75) is 38.6 Å². The summed E-state index contributed by atoms with van der Waals surface area (Å²) in [5.74, 6) is 2.57. The van der Waals surface area contributed by atoms with Gasteiger partial charge in [0.05, 0.1) is 30.9 Å². The quantitative estimate of drug-likeness (QED) is 0.684. The lowest BCUT2D eigenvalue weighted by molar-refractivity contribution is 0.376. The van der Waals surface area contributed by atoms with E-state index in [1.807, 2.05) is 31.3 Å². The van der Waals surface area contributed by atoms with Gasteiger partial charge in [-0.1, -0.05) is 0 Å². The van der Waals surface area contributed by atoms with Gasteiger partial charge in [-0.2, -0.15) is 0 Å². The van der Waals surface area contributed by atoms with Gasteiger partial charge < -0.3 is 15.4 Å². The van der Waals surface area contributed by atoms with Crippen LogP contribution in [0.3, 0.4) is 0 Å². The number of piperidine rings is 1. The molecule has 3 aromatic rings. The molecule has 1 fully saturated rings. The predicted molar refractivity (Wildman–Crippen MR) is 114 cm³/mol. The first-order valence-corrected chi connectivity index (χ1v) is 9.91. The molecule has 7 heteroatoms. The molecule has 1 saturated heterocycles. The van der Waals surface area contributed by atoms with Crippen molar-refractivity contribution >= 4 is 11.5 Å². The average Bonchev–Trinajstić information content (AvgIpc) is 2.74. The summed E-state index contributed by atoms with van der Waals surface area (Å²) in [5.41, 5.74) is 3.71. The maximum Gasteiger partial charge on any atom is 0.137 e. The molecule has 0 spiro atoms. The second-order valence-corrected chi connectivity index (χ2v) is 7.57. The van der Waals surface area contributed by atoms with E-state index in [9.17, 15) is 0 Å². The van der Waals surface area contributed by atoms with Crippen molar-refractivity contribution in [1.82, 2.24) is 25.3 Å². The van der Waals surface area contributed by atoms with Gasteiger partial charge in [0, 0.05) is 42.5 Å². The summed E-state index contributed by atoms with van der Waals surface area (Å²) in [7, 11) is 1.64. The highest BCUT2D eigenvalue weighted by atomic mass is 16.5. The normalized spacial score (nSPS) is 19.0. The Hall–Kier alpha value is -3.06. The van der Waals surface area contributed by atoms with Gasteiger partial charge >= 0.3 is 0 Å². The fourth-order valence-electron chi connectivity index (χ4n) is 3.52. The van der Waals surface area contributed by atoms with Crippen molar-refractivity contribution < 1.29 is 4.74 Å². The fraction of sp³-hybridized carbons (Fsp3) is 0.364. The first-order chi connectivity index (χ1) is 14.1. The molecule has 0 radical (unpaired) electrons. The minimum Gasteiger partial charge on any atom is -0.495 e. The summed E-state index contributed by atoms with van der Waals surface area (Å²) >= 11 is 0. The molecule has 2 atom stereocenters. The van der Waals surface area contributed by atoms with Crippen LogP contribution in [0.25, 0.3) is 11.3 Å². The van der Waals surface area contributed by atoms with Crippen LogP contribution in [-0.4, -0.2) is 39.6 Å². The number of ether oxygens (including phenoxy) is 1. The Morgan fingerprint density at radius 3 is 2.66 bits per heavy atom. The Morgan fingerprint density at radius 2 is 1.90 bits per heavy atom. The monoisotopic (exact) mass is 390 g/mol. The summed E-state index contributed by atoms with van der Waals surface area (Å²) in [6.45, 7) is 5.12. The van der Waals surface area contributed by atoms with E-state index in [-0.39, 0.29) is 5.92 Å². The van der Waals surface area contributed by atoms with E-state index in [4.69, 9.17) is 14.7 Å². The second-order valence-electron chi connectivity index (χ2n) is 7.57. The summed E-state index contributed by atoms with van der Waals surface area (Å²) in [5, 5.41) is 6.93. The molecular weight excluding hydrogens is 364 g/mol. The summed E-state index contributed by atoms with van der Waals surface area (Å²) in [6.07, 6.45) is 9.30. The fourth-order valence-corrected chi connectivity index (χ4v) is 3.52. The van der Waals surface area contributed by atoms with E-state index in [1.54, 1.807) is 25.7 Å². The zero-order valence-corrected chi connectivity index (χ0v) is 17.0. The number of aromatic nitrogens is 4. The van der Waals surface area contributed by atoms with Crippen LogP contribution in [-0.2, 0) is 0 Å². The molecule has 0 bridgehead atoms. The Bertz CT molecular complexity index is 985. The van der Waals surface area contributed by atoms with E-state index < -0.39 is 0 Å². The van der Waals surface area contributed by atoms with Crippen molar-refractivity contribution in [3.63, 3.8) is 0 Å². The lowest BCUT2D eigenvalue weighted by Gasteiger charge is -2.27. The lowest BCUT2D eigenvalue weighted by atomic mass is 9.94. The number of aryl methyl sites for hydroxylation is 1. The second kappa shape index (κ2) is 8.53. The maximum atomic E-state index is 5.33. The minimum absolute atomic E-state index is 0.279. The minimum atomic E-state index is 0.279. The number of pyridine rings is 2. The molecule has 0 aliphatic carbocycles. The van der Waals surface area contributed by atoms with E-state index in [1.165, 1.54) is 0 Å². The zero-order valence-electron chi connectivity index (χ0n) is 17.0.